The molecule has 0 bridgehead atoms. The molecule has 1 aliphatic rings. The second-order valence-corrected chi connectivity index (χ2v) is 10.6. The van der Waals surface area contributed by atoms with Crippen molar-refractivity contribution < 1.29 is 27.1 Å². The van der Waals surface area contributed by atoms with Crippen LogP contribution in [0.25, 0.3) is 10.2 Å². The van der Waals surface area contributed by atoms with Crippen molar-refractivity contribution in [1.82, 2.24) is 8.87 Å². The summed E-state index contributed by atoms with van der Waals surface area (Å²) in [7, 11) is 1.23. The predicted molar refractivity (Wildman–Crippen MR) is 122 cm³/mol. The molecule has 176 valence electrons. The monoisotopic (exact) mass is 493 g/mol. The van der Waals surface area contributed by atoms with Crippen molar-refractivity contribution in [3.63, 3.8) is 0 Å². The van der Waals surface area contributed by atoms with Crippen LogP contribution in [0.5, 0.6) is 11.5 Å². The zero-order chi connectivity index (χ0) is 23.8. The number of piperidine rings is 1. The summed E-state index contributed by atoms with van der Waals surface area (Å²) >= 11 is 1.37. The van der Waals surface area contributed by atoms with Gasteiger partial charge in [0.15, 0.2) is 16.3 Å². The number of hydrogen-bond donors (Lipinski definition) is 0. The van der Waals surface area contributed by atoms with E-state index >= 15 is 0 Å². The molecular weight excluding hydrogens is 469 g/mol. The molecule has 1 amide bonds. The highest BCUT2D eigenvalue weighted by Gasteiger charge is 2.32. The maximum absolute atomic E-state index is 13.1. The number of thiazole rings is 1. The summed E-state index contributed by atoms with van der Waals surface area (Å²) in [4.78, 5) is 17.8. The average Bonchev–Trinajstić information content (AvgIpc) is 3.12. The van der Waals surface area contributed by atoms with E-state index in [9.17, 15) is 17.6 Å². The maximum atomic E-state index is 13.1. The van der Waals surface area contributed by atoms with Crippen molar-refractivity contribution in [3.05, 3.63) is 47.0 Å². The lowest BCUT2D eigenvalue weighted by Gasteiger charge is -2.29. The number of aromatic nitrogens is 1. The van der Waals surface area contributed by atoms with E-state index in [1.165, 1.54) is 27.8 Å². The minimum atomic E-state index is -3.73. The number of aryl methyl sites for hydroxylation is 1. The molecule has 1 aliphatic heterocycles. The van der Waals surface area contributed by atoms with Crippen LogP contribution in [0.15, 0.2) is 46.3 Å². The van der Waals surface area contributed by atoms with Gasteiger partial charge < -0.3 is 14.0 Å². The van der Waals surface area contributed by atoms with Crippen molar-refractivity contribution in [2.24, 2.45) is 18.0 Å². The van der Waals surface area contributed by atoms with Crippen molar-refractivity contribution >= 4 is 37.5 Å². The molecule has 0 unspecified atom stereocenters. The van der Waals surface area contributed by atoms with Crippen molar-refractivity contribution in [3.8, 4) is 11.5 Å². The van der Waals surface area contributed by atoms with Gasteiger partial charge in [0.1, 0.15) is 5.82 Å². The smallest absolute Gasteiger partial charge is 0.251 e. The fraction of sp³-hybridized carbons (Fsp3) is 0.364. The van der Waals surface area contributed by atoms with Gasteiger partial charge in [0.2, 0.25) is 10.0 Å². The largest absolute Gasteiger partial charge is 0.493 e. The molecule has 8 nitrogen and oxygen atoms in total. The third-order valence-electron chi connectivity index (χ3n) is 5.78. The maximum Gasteiger partial charge on any atom is 0.251 e. The molecule has 0 aliphatic carbocycles. The first-order chi connectivity index (χ1) is 15.7. The highest BCUT2D eigenvalue weighted by molar-refractivity contribution is 7.89. The van der Waals surface area contributed by atoms with Crippen LogP contribution in [0.1, 0.15) is 12.8 Å². The Morgan fingerprint density at radius 3 is 2.30 bits per heavy atom. The Balaban J connectivity index is 1.52. The summed E-state index contributed by atoms with van der Waals surface area (Å²) in [6, 6.07) is 8.44. The molecule has 1 aromatic heterocycles. The van der Waals surface area contributed by atoms with Crippen LogP contribution in [0.4, 0.5) is 4.39 Å². The Labute approximate surface area is 194 Å². The lowest BCUT2D eigenvalue weighted by atomic mass is 9.98. The molecule has 33 heavy (non-hydrogen) atoms. The van der Waals surface area contributed by atoms with Gasteiger partial charge >= 0.3 is 0 Å². The molecule has 1 saturated heterocycles. The van der Waals surface area contributed by atoms with Crippen LogP contribution < -0.4 is 14.3 Å². The van der Waals surface area contributed by atoms with Crippen LogP contribution in [-0.2, 0) is 21.9 Å². The van der Waals surface area contributed by atoms with Gasteiger partial charge in [-0.3, -0.25) is 4.79 Å². The summed E-state index contributed by atoms with van der Waals surface area (Å²) in [5, 5.41) is 0. The van der Waals surface area contributed by atoms with E-state index in [0.717, 1.165) is 22.3 Å². The molecule has 2 aromatic carbocycles. The quantitative estimate of drug-likeness (QED) is 0.545. The normalized spacial score (nSPS) is 16.3. The summed E-state index contributed by atoms with van der Waals surface area (Å²) in [5.41, 5.74) is 0.865. The third kappa shape index (κ3) is 4.53. The van der Waals surface area contributed by atoms with Gasteiger partial charge in [0.25, 0.3) is 5.91 Å². The summed E-state index contributed by atoms with van der Waals surface area (Å²) in [5.74, 6) is 0.0606. The third-order valence-corrected chi connectivity index (χ3v) is 8.78. The molecule has 0 N–H and O–H groups in total. The molecule has 3 aromatic rings. The van der Waals surface area contributed by atoms with Crippen LogP contribution in [0.2, 0.25) is 0 Å². The Morgan fingerprint density at radius 2 is 1.70 bits per heavy atom. The van der Waals surface area contributed by atoms with Crippen molar-refractivity contribution in [2.75, 3.05) is 27.3 Å². The van der Waals surface area contributed by atoms with Crippen LogP contribution in [0, 0.1) is 11.7 Å². The second kappa shape index (κ2) is 9.24. The number of methoxy groups -OCH3 is 2. The zero-order valence-corrected chi connectivity index (χ0v) is 20.1. The number of rotatable bonds is 5. The number of halogens is 1. The Bertz CT molecular complexity index is 1360. The van der Waals surface area contributed by atoms with Crippen molar-refractivity contribution in [1.29, 1.82) is 0 Å². The molecule has 0 spiro atoms. The van der Waals surface area contributed by atoms with Gasteiger partial charge in [-0.25, -0.2) is 12.8 Å². The average molecular weight is 494 g/mol. The van der Waals surface area contributed by atoms with E-state index in [4.69, 9.17) is 9.47 Å². The predicted octanol–water partition coefficient (Wildman–Crippen LogP) is 2.92. The van der Waals surface area contributed by atoms with Gasteiger partial charge in [-0.1, -0.05) is 11.3 Å². The van der Waals surface area contributed by atoms with E-state index in [2.05, 4.69) is 4.99 Å². The highest BCUT2D eigenvalue weighted by atomic mass is 32.2. The second-order valence-electron chi connectivity index (χ2n) is 7.70. The number of ether oxygens (including phenoxy) is 2. The molecule has 0 atom stereocenters. The van der Waals surface area contributed by atoms with Gasteiger partial charge in [-0.05, 0) is 37.1 Å². The van der Waals surface area contributed by atoms with Gasteiger partial charge in [-0.15, -0.1) is 0 Å². The zero-order valence-electron chi connectivity index (χ0n) is 18.4. The number of amides is 1. The van der Waals surface area contributed by atoms with Gasteiger partial charge in [-0.2, -0.15) is 9.30 Å². The Kier molecular flexibility index (Phi) is 6.55. The van der Waals surface area contributed by atoms with E-state index in [1.807, 2.05) is 23.7 Å². The summed E-state index contributed by atoms with van der Waals surface area (Å²) in [6.45, 7) is 0.414. The molecule has 11 heteroatoms. The molecule has 0 saturated carbocycles. The standard InChI is InChI=1S/C22H24FN3O5S2/c1-25-17-12-18(30-2)19(31-3)13-20(17)32-22(25)24-21(27)14-8-10-26(11-9-14)33(28,29)16-6-4-15(23)5-7-16/h4-7,12-14H,8-11H2,1-3H3. The number of carbonyl (C=O) groups excluding carboxylic acids is 1. The Hall–Kier alpha value is -2.76. The molecule has 0 radical (unpaired) electrons. The number of sulfonamides is 1. The molecule has 1 fully saturated rings. The lowest BCUT2D eigenvalue weighted by Crippen LogP contribution is -2.40. The van der Waals surface area contributed by atoms with E-state index in [-0.39, 0.29) is 29.8 Å². The fourth-order valence-electron chi connectivity index (χ4n) is 3.85. The first-order valence-corrected chi connectivity index (χ1v) is 12.6. The number of carbonyl (C=O) groups is 1. The number of fused-ring (bicyclic) bond motifs is 1. The molecule has 2 heterocycles. The summed E-state index contributed by atoms with van der Waals surface area (Å²) in [6.07, 6.45) is 0.748. The van der Waals surface area contributed by atoms with Gasteiger partial charge in [0, 0.05) is 38.2 Å². The van der Waals surface area contributed by atoms with Crippen molar-refractivity contribution in [2.45, 2.75) is 17.7 Å². The van der Waals surface area contributed by atoms with Crippen LogP contribution in [-0.4, -0.2) is 50.5 Å². The van der Waals surface area contributed by atoms with E-state index in [1.54, 1.807) is 14.2 Å². The SMILES string of the molecule is COc1cc2sc(=NC(=O)C3CCN(S(=O)(=O)c4ccc(F)cc4)CC3)n(C)c2cc1OC. The Morgan fingerprint density at radius 1 is 1.09 bits per heavy atom. The minimum Gasteiger partial charge on any atom is -0.493 e. The topological polar surface area (TPSA) is 90.2 Å². The van der Waals surface area contributed by atoms with Crippen LogP contribution >= 0.6 is 11.3 Å². The lowest BCUT2D eigenvalue weighted by molar-refractivity contribution is -0.122. The number of hydrogen-bond acceptors (Lipinski definition) is 6. The van der Waals surface area contributed by atoms with E-state index in [0.29, 0.717) is 29.1 Å². The highest BCUT2D eigenvalue weighted by Crippen LogP contribution is 2.33. The van der Waals surface area contributed by atoms with E-state index < -0.39 is 15.8 Å². The first kappa shape index (κ1) is 23.4. The van der Waals surface area contributed by atoms with Gasteiger partial charge in [0.05, 0.1) is 29.3 Å². The fourth-order valence-corrected chi connectivity index (χ4v) is 6.35. The number of nitrogens with zero attached hydrogens (tertiary/aromatic N) is 3. The van der Waals surface area contributed by atoms with Crippen LogP contribution in [0.3, 0.4) is 0 Å². The number of benzene rings is 2. The summed E-state index contributed by atoms with van der Waals surface area (Å²) < 4.78 is 53.5. The minimum absolute atomic E-state index is 0.0431. The molecular formula is C22H24FN3O5S2. The first-order valence-electron chi connectivity index (χ1n) is 10.3. The molecule has 4 rings (SSSR count).